The van der Waals surface area contributed by atoms with Crippen molar-refractivity contribution in [3.63, 3.8) is 0 Å². The fourth-order valence-electron chi connectivity index (χ4n) is 0.0833. The maximum Gasteiger partial charge on any atom is 2.00 e. The van der Waals surface area contributed by atoms with Gasteiger partial charge in [0.05, 0.1) is 30.8 Å². The summed E-state index contributed by atoms with van der Waals surface area (Å²) in [5.74, 6) is -3.69. The molecule has 0 amide bonds. The predicted molar refractivity (Wildman–Crippen MR) is 53.7 cm³/mol. The first-order valence-electron chi connectivity index (χ1n) is 3.57. The number of carbonyl (C=O) groups is 3. The van der Waals surface area contributed by atoms with E-state index < -0.39 is 29.7 Å². The molecule has 0 aliphatic heterocycles. The van der Waals surface area contributed by atoms with Crippen molar-refractivity contribution in [2.45, 2.75) is 0 Å². The summed E-state index contributed by atoms with van der Waals surface area (Å²) in [7, 11) is 1.31. The Balaban J connectivity index is -0.0000000729. The summed E-state index contributed by atoms with van der Waals surface area (Å²) in [6.45, 7) is 3.16. The number of carboxylic acid groups (broad SMARTS) is 2. The molecule has 0 rings (SSSR count). The Morgan fingerprint density at radius 1 is 1.18 bits per heavy atom. The van der Waals surface area contributed by atoms with Crippen LogP contribution in [-0.2, 0) is 38.6 Å². The SMILES string of the molecule is C=CC(=O)OC.O=C([O-])CCl.O=C([O-])CCl.[Zn+2]. The number of hydrogen-bond donors (Lipinski definition) is 0. The molecule has 0 N–H and O–H groups in total. The van der Waals surface area contributed by atoms with Crippen molar-refractivity contribution in [2.75, 3.05) is 18.9 Å². The molecule has 0 aromatic heterocycles. The van der Waals surface area contributed by atoms with Gasteiger partial charge in [0.25, 0.3) is 0 Å². The molecule has 0 saturated carbocycles. The van der Waals surface area contributed by atoms with Crippen molar-refractivity contribution >= 4 is 41.1 Å². The van der Waals surface area contributed by atoms with E-state index in [1.165, 1.54) is 7.11 Å². The number of alkyl halides is 2. The van der Waals surface area contributed by atoms with Gasteiger partial charge in [0.15, 0.2) is 0 Å². The molecule has 94 valence electrons. The van der Waals surface area contributed by atoms with E-state index in [4.69, 9.17) is 19.8 Å². The van der Waals surface area contributed by atoms with Gasteiger partial charge >= 0.3 is 25.4 Å². The number of carbonyl (C=O) groups excluding carboxylic acids is 3. The molecule has 0 fully saturated rings. The molecule has 0 heterocycles. The minimum absolute atomic E-state index is 0. The molecule has 0 saturated heterocycles. The van der Waals surface area contributed by atoms with Gasteiger partial charge in [-0.3, -0.25) is 0 Å². The summed E-state index contributed by atoms with van der Waals surface area (Å²) in [6.07, 6.45) is 1.11. The van der Waals surface area contributed by atoms with E-state index in [2.05, 4.69) is 34.5 Å². The van der Waals surface area contributed by atoms with Crippen LogP contribution < -0.4 is 10.2 Å². The Morgan fingerprint density at radius 3 is 1.41 bits per heavy atom. The van der Waals surface area contributed by atoms with Crippen LogP contribution in [0.3, 0.4) is 0 Å². The van der Waals surface area contributed by atoms with E-state index in [1.807, 2.05) is 0 Å². The van der Waals surface area contributed by atoms with Crippen LogP contribution in [0.25, 0.3) is 0 Å². The van der Waals surface area contributed by atoms with Crippen LogP contribution in [0, 0.1) is 0 Å². The molecule has 0 aliphatic carbocycles. The van der Waals surface area contributed by atoms with Crippen LogP contribution in [0.2, 0.25) is 0 Å². The molecule has 0 atom stereocenters. The first-order valence-corrected chi connectivity index (χ1v) is 4.64. The summed E-state index contributed by atoms with van der Waals surface area (Å²) in [4.78, 5) is 28.1. The van der Waals surface area contributed by atoms with E-state index in [0.29, 0.717) is 0 Å². The topological polar surface area (TPSA) is 107 Å². The Morgan fingerprint density at radius 2 is 1.41 bits per heavy atom. The Kier molecular flexibility index (Phi) is 30.8. The van der Waals surface area contributed by atoms with Crippen LogP contribution in [0.15, 0.2) is 12.7 Å². The second kappa shape index (κ2) is 20.7. The third-order valence-electron chi connectivity index (χ3n) is 0.586. The number of aliphatic carboxylic acids is 2. The number of rotatable bonds is 3. The summed E-state index contributed by atoms with van der Waals surface area (Å²) >= 11 is 9.35. The van der Waals surface area contributed by atoms with Crippen molar-refractivity contribution in [3.05, 3.63) is 12.7 Å². The van der Waals surface area contributed by atoms with Gasteiger partial charge in [0.1, 0.15) is 0 Å². The minimum Gasteiger partial charge on any atom is -0.549 e. The van der Waals surface area contributed by atoms with E-state index in [-0.39, 0.29) is 19.5 Å². The summed E-state index contributed by atoms with van der Waals surface area (Å²) in [5, 5.41) is 18.2. The average molecular weight is 338 g/mol. The Bertz CT molecular complexity index is 220. The minimum atomic E-state index is -1.23. The monoisotopic (exact) mass is 336 g/mol. The fourth-order valence-corrected chi connectivity index (χ4v) is 0.0833. The zero-order valence-corrected chi connectivity index (χ0v) is 13.6. The van der Waals surface area contributed by atoms with Gasteiger partial charge in [-0.05, 0) is 0 Å². The van der Waals surface area contributed by atoms with Crippen molar-refractivity contribution in [1.82, 2.24) is 0 Å². The van der Waals surface area contributed by atoms with E-state index in [9.17, 15) is 4.79 Å². The van der Waals surface area contributed by atoms with Crippen LogP contribution in [0.4, 0.5) is 0 Å². The molecular formula is C8H10Cl2O6Zn. The van der Waals surface area contributed by atoms with Crippen LogP contribution >= 0.6 is 23.2 Å². The molecule has 9 heteroatoms. The largest absolute Gasteiger partial charge is 2.00 e. The molecule has 0 unspecified atom stereocenters. The third kappa shape index (κ3) is 50.6. The maximum atomic E-state index is 9.84. The maximum absolute atomic E-state index is 9.84. The van der Waals surface area contributed by atoms with Gasteiger partial charge in [-0.1, -0.05) is 6.58 Å². The van der Waals surface area contributed by atoms with Crippen molar-refractivity contribution in [1.29, 1.82) is 0 Å². The number of hydrogen-bond acceptors (Lipinski definition) is 6. The second-order valence-corrected chi connectivity index (χ2v) is 2.27. The smallest absolute Gasteiger partial charge is 0.549 e. The van der Waals surface area contributed by atoms with Gasteiger partial charge in [-0.25, -0.2) is 4.79 Å². The normalized spacial score (nSPS) is 6.76. The van der Waals surface area contributed by atoms with E-state index in [1.54, 1.807) is 0 Å². The average Bonchev–Trinajstić information content (AvgIpc) is 2.29. The van der Waals surface area contributed by atoms with Crippen molar-refractivity contribution < 1.29 is 48.8 Å². The van der Waals surface area contributed by atoms with Crippen LogP contribution in [0.1, 0.15) is 0 Å². The molecule has 0 spiro atoms. The van der Waals surface area contributed by atoms with Gasteiger partial charge in [-0.2, -0.15) is 0 Å². The van der Waals surface area contributed by atoms with Gasteiger partial charge in [0.2, 0.25) is 0 Å². The second-order valence-electron chi connectivity index (χ2n) is 1.74. The zero-order chi connectivity index (χ0) is 13.6. The molecule has 17 heavy (non-hydrogen) atoms. The number of methoxy groups -OCH3 is 1. The van der Waals surface area contributed by atoms with Gasteiger partial charge < -0.3 is 24.5 Å². The number of carboxylic acids is 2. The van der Waals surface area contributed by atoms with E-state index >= 15 is 0 Å². The standard InChI is InChI=1S/C4H6O2.2C2H3ClO2.Zn/c1-3-4(5)6-2;2*3-1-2(4)5;/h3H,1H2,2H3;2*1H2,(H,4,5);/q;;;+2/p-2. The molecule has 0 aromatic carbocycles. The first kappa shape index (κ1) is 25.3. The molecule has 0 aliphatic rings. The number of halogens is 2. The van der Waals surface area contributed by atoms with Crippen molar-refractivity contribution in [2.24, 2.45) is 0 Å². The molecule has 0 radical (unpaired) electrons. The zero-order valence-electron chi connectivity index (χ0n) is 9.11. The Hall–Kier alpha value is -0.647. The third-order valence-corrected chi connectivity index (χ3v) is 1.02. The quantitative estimate of drug-likeness (QED) is 0.263. The molecule has 6 nitrogen and oxygen atoms in total. The molecular weight excluding hydrogens is 328 g/mol. The summed E-state index contributed by atoms with van der Waals surface area (Å²) in [6, 6.07) is 0. The molecule has 0 aromatic rings. The fraction of sp³-hybridized carbons (Fsp3) is 0.375. The number of ether oxygens (including phenoxy) is 1. The van der Waals surface area contributed by atoms with Gasteiger partial charge in [0, 0.05) is 6.08 Å². The first-order chi connectivity index (χ1) is 7.35. The van der Waals surface area contributed by atoms with Crippen LogP contribution in [0.5, 0.6) is 0 Å². The molecule has 0 bridgehead atoms. The van der Waals surface area contributed by atoms with Crippen LogP contribution in [-0.4, -0.2) is 36.8 Å². The van der Waals surface area contributed by atoms with Crippen molar-refractivity contribution in [3.8, 4) is 0 Å². The van der Waals surface area contributed by atoms with E-state index in [0.717, 1.165) is 6.08 Å². The summed E-state index contributed by atoms with van der Waals surface area (Å²) in [5.41, 5.74) is 0. The van der Waals surface area contributed by atoms with Gasteiger partial charge in [-0.15, -0.1) is 23.2 Å². The summed E-state index contributed by atoms with van der Waals surface area (Å²) < 4.78 is 4.14. The number of esters is 1. The predicted octanol–water partition coefficient (Wildman–Crippen LogP) is -1.71. The Labute approximate surface area is 121 Å².